The van der Waals surface area contributed by atoms with Crippen LogP contribution in [0.5, 0.6) is 0 Å². The van der Waals surface area contributed by atoms with Gasteiger partial charge in [-0.25, -0.2) is 9.59 Å². The minimum atomic E-state index is -0.992. The Kier molecular flexibility index (Phi) is 6.08. The summed E-state index contributed by atoms with van der Waals surface area (Å²) in [7, 11) is 0. The Morgan fingerprint density at radius 3 is 2.74 bits per heavy atom. The Labute approximate surface area is 113 Å². The molecule has 1 rings (SSSR count). The highest BCUT2D eigenvalue weighted by molar-refractivity contribution is 5.82. The zero-order valence-corrected chi connectivity index (χ0v) is 11.7. The fourth-order valence-corrected chi connectivity index (χ4v) is 2.17. The first kappa shape index (κ1) is 15.8. The number of hydrogen-bond acceptors (Lipinski definition) is 3. The minimum Gasteiger partial charge on any atom is -0.480 e. The monoisotopic (exact) mass is 272 g/mol. The van der Waals surface area contributed by atoms with Crippen molar-refractivity contribution < 1.29 is 19.4 Å². The number of carbonyl (C=O) groups excluding carboxylic acids is 1. The van der Waals surface area contributed by atoms with Gasteiger partial charge in [-0.1, -0.05) is 19.8 Å². The normalized spacial score (nSPS) is 24.5. The van der Waals surface area contributed by atoms with Crippen LogP contribution in [0.15, 0.2) is 0 Å². The first-order valence-corrected chi connectivity index (χ1v) is 6.86. The van der Waals surface area contributed by atoms with Crippen LogP contribution >= 0.6 is 0 Å². The molecule has 0 aromatic carbocycles. The average molecular weight is 272 g/mol. The molecule has 1 saturated heterocycles. The minimum absolute atomic E-state index is 0.407. The third-order valence-electron chi connectivity index (χ3n) is 3.30. The zero-order chi connectivity index (χ0) is 14.3. The number of rotatable bonds is 6. The van der Waals surface area contributed by atoms with Crippen molar-refractivity contribution in [3.63, 3.8) is 0 Å². The Balaban J connectivity index is 2.45. The Morgan fingerprint density at radius 2 is 2.21 bits per heavy atom. The van der Waals surface area contributed by atoms with Gasteiger partial charge in [-0.15, -0.1) is 0 Å². The highest BCUT2D eigenvalue weighted by Gasteiger charge is 2.30. The molecule has 0 aliphatic carbocycles. The molecule has 0 radical (unpaired) electrons. The van der Waals surface area contributed by atoms with Crippen LogP contribution in [0.4, 0.5) is 4.79 Å². The lowest BCUT2D eigenvalue weighted by Gasteiger charge is -2.34. The molecule has 19 heavy (non-hydrogen) atoms. The predicted octanol–water partition coefficient (Wildman–Crippen LogP) is 1.50. The van der Waals surface area contributed by atoms with Gasteiger partial charge < -0.3 is 20.5 Å². The summed E-state index contributed by atoms with van der Waals surface area (Å²) >= 11 is 0. The maximum atomic E-state index is 11.9. The van der Waals surface area contributed by atoms with Gasteiger partial charge in [0.15, 0.2) is 0 Å². The van der Waals surface area contributed by atoms with Gasteiger partial charge in [-0.05, 0) is 26.2 Å². The van der Waals surface area contributed by atoms with Crippen LogP contribution in [-0.4, -0.2) is 41.9 Å². The van der Waals surface area contributed by atoms with Crippen LogP contribution in [0, 0.1) is 0 Å². The number of unbranched alkanes of at least 4 members (excludes halogenated alkanes) is 1. The predicted molar refractivity (Wildman–Crippen MR) is 71.1 cm³/mol. The zero-order valence-electron chi connectivity index (χ0n) is 11.7. The molecule has 3 N–H and O–H groups in total. The molecule has 1 unspecified atom stereocenters. The number of carboxylic acids is 1. The van der Waals surface area contributed by atoms with E-state index in [0.29, 0.717) is 19.6 Å². The summed E-state index contributed by atoms with van der Waals surface area (Å²) in [6.45, 7) is 5.08. The van der Waals surface area contributed by atoms with Gasteiger partial charge >= 0.3 is 12.0 Å². The van der Waals surface area contributed by atoms with E-state index in [4.69, 9.17) is 9.84 Å². The van der Waals surface area contributed by atoms with Gasteiger partial charge in [0.25, 0.3) is 0 Å². The fourth-order valence-electron chi connectivity index (χ4n) is 2.17. The Morgan fingerprint density at radius 1 is 1.47 bits per heavy atom. The van der Waals surface area contributed by atoms with E-state index in [1.165, 1.54) is 0 Å². The number of amides is 2. The molecule has 2 amide bonds. The lowest BCUT2D eigenvalue weighted by molar-refractivity contribution is -0.139. The van der Waals surface area contributed by atoms with E-state index in [1.807, 2.05) is 13.8 Å². The molecule has 1 fully saturated rings. The van der Waals surface area contributed by atoms with Crippen molar-refractivity contribution in [3.8, 4) is 0 Å². The van der Waals surface area contributed by atoms with Crippen LogP contribution in [0.3, 0.4) is 0 Å². The maximum Gasteiger partial charge on any atom is 0.326 e. The first-order valence-electron chi connectivity index (χ1n) is 6.86. The van der Waals surface area contributed by atoms with Gasteiger partial charge in [-0.3, -0.25) is 0 Å². The summed E-state index contributed by atoms with van der Waals surface area (Å²) in [5, 5.41) is 14.4. The molecular formula is C13H24N2O4. The third-order valence-corrected chi connectivity index (χ3v) is 3.30. The van der Waals surface area contributed by atoms with E-state index in [2.05, 4.69) is 10.6 Å². The van der Waals surface area contributed by atoms with Crippen LogP contribution in [0.1, 0.15) is 46.0 Å². The molecule has 0 aromatic heterocycles. The molecule has 6 heteroatoms. The number of hydrogen-bond donors (Lipinski definition) is 3. The standard InChI is InChI=1S/C13H24N2O4/c1-3-4-6-10(11(16)17)14-12(18)15-13(2)7-5-8-19-9-13/h10H,3-9H2,1-2H3,(H,16,17)(H2,14,15,18)/t10-,13?/m0/s1. The highest BCUT2D eigenvalue weighted by atomic mass is 16.5. The van der Waals surface area contributed by atoms with E-state index in [-0.39, 0.29) is 0 Å². The lowest BCUT2D eigenvalue weighted by atomic mass is 9.95. The molecule has 110 valence electrons. The maximum absolute atomic E-state index is 11.9. The van der Waals surface area contributed by atoms with E-state index in [1.54, 1.807) is 0 Å². The SMILES string of the molecule is CCCC[C@H](NC(=O)NC1(C)CCCOC1)C(=O)O. The van der Waals surface area contributed by atoms with Crippen molar-refractivity contribution in [1.29, 1.82) is 0 Å². The quantitative estimate of drug-likeness (QED) is 0.683. The van der Waals surface area contributed by atoms with Crippen molar-refractivity contribution in [3.05, 3.63) is 0 Å². The van der Waals surface area contributed by atoms with Crippen LogP contribution in [0.25, 0.3) is 0 Å². The van der Waals surface area contributed by atoms with Crippen molar-refractivity contribution in [2.24, 2.45) is 0 Å². The second-order valence-corrected chi connectivity index (χ2v) is 5.35. The average Bonchev–Trinajstić information content (AvgIpc) is 2.34. The molecule has 2 atom stereocenters. The Hall–Kier alpha value is -1.30. The molecule has 1 aliphatic heterocycles. The summed E-state index contributed by atoms with van der Waals surface area (Å²) in [6.07, 6.45) is 3.87. The molecule has 0 spiro atoms. The van der Waals surface area contributed by atoms with E-state index < -0.39 is 23.6 Å². The number of nitrogens with one attached hydrogen (secondary N) is 2. The number of carbonyl (C=O) groups is 2. The second kappa shape index (κ2) is 7.33. The summed E-state index contributed by atoms with van der Waals surface area (Å²) in [4.78, 5) is 22.9. The topological polar surface area (TPSA) is 87.7 Å². The number of aliphatic carboxylic acids is 1. The smallest absolute Gasteiger partial charge is 0.326 e. The number of ether oxygens (including phenoxy) is 1. The van der Waals surface area contributed by atoms with Crippen LogP contribution in [-0.2, 0) is 9.53 Å². The molecule has 6 nitrogen and oxygen atoms in total. The van der Waals surface area contributed by atoms with Gasteiger partial charge in [0.2, 0.25) is 0 Å². The molecule has 1 aliphatic rings. The van der Waals surface area contributed by atoms with E-state index in [9.17, 15) is 9.59 Å². The van der Waals surface area contributed by atoms with Crippen molar-refractivity contribution in [2.75, 3.05) is 13.2 Å². The number of carboxylic acid groups (broad SMARTS) is 1. The number of urea groups is 1. The molecule has 0 aromatic rings. The Bertz CT molecular complexity index is 314. The van der Waals surface area contributed by atoms with Crippen molar-refractivity contribution in [2.45, 2.75) is 57.5 Å². The lowest BCUT2D eigenvalue weighted by Crippen LogP contribution is -2.57. The summed E-state index contributed by atoms with van der Waals surface area (Å²) in [5.74, 6) is -0.992. The fraction of sp³-hybridized carbons (Fsp3) is 0.846. The van der Waals surface area contributed by atoms with Gasteiger partial charge in [-0.2, -0.15) is 0 Å². The van der Waals surface area contributed by atoms with E-state index in [0.717, 1.165) is 25.7 Å². The van der Waals surface area contributed by atoms with Crippen molar-refractivity contribution >= 4 is 12.0 Å². The largest absolute Gasteiger partial charge is 0.480 e. The second-order valence-electron chi connectivity index (χ2n) is 5.35. The van der Waals surface area contributed by atoms with Crippen LogP contribution in [0.2, 0.25) is 0 Å². The van der Waals surface area contributed by atoms with Gasteiger partial charge in [0.05, 0.1) is 12.1 Å². The summed E-state index contributed by atoms with van der Waals surface area (Å²) in [5.41, 5.74) is -0.407. The third kappa shape index (κ3) is 5.46. The highest BCUT2D eigenvalue weighted by Crippen LogP contribution is 2.18. The first-order chi connectivity index (χ1) is 8.97. The molecule has 0 bridgehead atoms. The van der Waals surface area contributed by atoms with Crippen LogP contribution < -0.4 is 10.6 Å². The molecule has 1 heterocycles. The van der Waals surface area contributed by atoms with Gasteiger partial charge in [0.1, 0.15) is 6.04 Å². The molecule has 0 saturated carbocycles. The summed E-state index contributed by atoms with van der Waals surface area (Å²) in [6, 6.07) is -1.26. The summed E-state index contributed by atoms with van der Waals surface area (Å²) < 4.78 is 5.34. The van der Waals surface area contributed by atoms with E-state index >= 15 is 0 Å². The molecular weight excluding hydrogens is 248 g/mol. The van der Waals surface area contributed by atoms with Gasteiger partial charge in [0, 0.05) is 6.61 Å². The van der Waals surface area contributed by atoms with Crippen molar-refractivity contribution in [1.82, 2.24) is 10.6 Å².